The minimum atomic E-state index is -0.968. The Bertz CT molecular complexity index is 593. The first-order valence-electron chi connectivity index (χ1n) is 6.04. The van der Waals surface area contributed by atoms with Crippen molar-refractivity contribution < 1.29 is 9.90 Å². The van der Waals surface area contributed by atoms with Crippen molar-refractivity contribution in [1.29, 1.82) is 0 Å². The van der Waals surface area contributed by atoms with Gasteiger partial charge in [-0.1, -0.05) is 6.92 Å². The fourth-order valence-electron chi connectivity index (χ4n) is 1.75. The molecule has 100 valence electrons. The van der Waals surface area contributed by atoms with Crippen molar-refractivity contribution in [3.8, 4) is 0 Å². The number of anilines is 2. The smallest absolute Gasteiger partial charge is 0.335 e. The summed E-state index contributed by atoms with van der Waals surface area (Å²) in [5.41, 5.74) is 7.25. The number of nitrogen functional groups attached to an aromatic ring is 1. The number of nitrogens with one attached hydrogen (secondary N) is 1. The molecular weight excluding hydrogens is 260 g/mol. The van der Waals surface area contributed by atoms with Gasteiger partial charge in [-0.3, -0.25) is 0 Å². The van der Waals surface area contributed by atoms with E-state index in [1.54, 1.807) is 23.5 Å². The Kier molecular flexibility index (Phi) is 4.06. The fourth-order valence-corrected chi connectivity index (χ4v) is 2.64. The first-order chi connectivity index (χ1) is 9.10. The Labute approximate surface area is 115 Å². The molecule has 4 nitrogen and oxygen atoms in total. The summed E-state index contributed by atoms with van der Waals surface area (Å²) in [4.78, 5) is 13.4. The van der Waals surface area contributed by atoms with Gasteiger partial charge in [-0.25, -0.2) is 4.79 Å². The third-order valence-corrected chi connectivity index (χ3v) is 4.05. The number of rotatable bonds is 5. The topological polar surface area (TPSA) is 75.3 Å². The summed E-state index contributed by atoms with van der Waals surface area (Å²) in [7, 11) is 0. The van der Waals surface area contributed by atoms with Gasteiger partial charge < -0.3 is 16.2 Å². The van der Waals surface area contributed by atoms with E-state index in [2.05, 4.69) is 24.4 Å². The maximum atomic E-state index is 10.8. The van der Waals surface area contributed by atoms with Gasteiger partial charge in [0.15, 0.2) is 0 Å². The number of carboxylic acids is 1. The lowest BCUT2D eigenvalue weighted by atomic mass is 10.1. The highest BCUT2D eigenvalue weighted by molar-refractivity contribution is 7.12. The zero-order chi connectivity index (χ0) is 13.8. The lowest BCUT2D eigenvalue weighted by molar-refractivity contribution is 0.0697. The van der Waals surface area contributed by atoms with Crippen LogP contribution in [0.5, 0.6) is 0 Å². The molecule has 0 aliphatic carbocycles. The molecule has 0 radical (unpaired) electrons. The molecule has 19 heavy (non-hydrogen) atoms. The average Bonchev–Trinajstić information content (AvgIpc) is 2.85. The number of carbonyl (C=O) groups is 1. The number of hydrogen-bond donors (Lipinski definition) is 3. The van der Waals surface area contributed by atoms with E-state index in [4.69, 9.17) is 10.8 Å². The molecule has 1 aromatic heterocycles. The highest BCUT2D eigenvalue weighted by Crippen LogP contribution is 2.23. The summed E-state index contributed by atoms with van der Waals surface area (Å²) < 4.78 is 0. The van der Waals surface area contributed by atoms with E-state index in [9.17, 15) is 4.79 Å². The summed E-state index contributed by atoms with van der Waals surface area (Å²) in [6, 6.07) is 8.94. The molecule has 0 unspecified atom stereocenters. The molecule has 4 N–H and O–H groups in total. The lowest BCUT2D eigenvalue weighted by Gasteiger charge is -2.08. The molecule has 5 heteroatoms. The van der Waals surface area contributed by atoms with Crippen LogP contribution < -0.4 is 11.1 Å². The molecule has 0 atom stereocenters. The summed E-state index contributed by atoms with van der Waals surface area (Å²) in [6.07, 6.45) is 1.04. The largest absolute Gasteiger partial charge is 0.478 e. The van der Waals surface area contributed by atoms with Crippen molar-refractivity contribution in [3.05, 3.63) is 45.6 Å². The van der Waals surface area contributed by atoms with E-state index < -0.39 is 5.97 Å². The number of thiophene rings is 1. The normalized spacial score (nSPS) is 10.4. The number of benzene rings is 1. The highest BCUT2D eigenvalue weighted by atomic mass is 32.1. The van der Waals surface area contributed by atoms with Crippen LogP contribution in [0, 0.1) is 0 Å². The summed E-state index contributed by atoms with van der Waals surface area (Å²) in [5.74, 6) is -0.968. The lowest BCUT2D eigenvalue weighted by Crippen LogP contribution is -2.03. The van der Waals surface area contributed by atoms with Crippen LogP contribution in [0.2, 0.25) is 0 Å². The van der Waals surface area contributed by atoms with E-state index in [1.807, 2.05) is 0 Å². The monoisotopic (exact) mass is 276 g/mol. The molecular formula is C14H16N2O2S. The van der Waals surface area contributed by atoms with Gasteiger partial charge in [0.25, 0.3) is 0 Å². The van der Waals surface area contributed by atoms with Crippen LogP contribution in [0.3, 0.4) is 0 Å². The number of hydrogen-bond acceptors (Lipinski definition) is 4. The molecule has 0 spiro atoms. The number of aromatic carboxylic acids is 1. The number of carboxylic acid groups (broad SMARTS) is 1. The summed E-state index contributed by atoms with van der Waals surface area (Å²) in [5, 5.41) is 12.1. The molecule has 2 rings (SSSR count). The molecule has 0 aliphatic heterocycles. The molecule has 2 aromatic rings. The predicted octanol–water partition coefficient (Wildman–Crippen LogP) is 3.20. The Balaban J connectivity index is 2.05. The van der Waals surface area contributed by atoms with Gasteiger partial charge in [-0.2, -0.15) is 0 Å². The Morgan fingerprint density at radius 2 is 2.05 bits per heavy atom. The summed E-state index contributed by atoms with van der Waals surface area (Å²) in [6.45, 7) is 2.83. The van der Waals surface area contributed by atoms with Crippen LogP contribution in [0.1, 0.15) is 27.0 Å². The maximum Gasteiger partial charge on any atom is 0.335 e. The molecule has 0 bridgehead atoms. The third kappa shape index (κ3) is 3.26. The summed E-state index contributed by atoms with van der Waals surface area (Å²) >= 11 is 1.77. The first-order valence-corrected chi connectivity index (χ1v) is 6.86. The third-order valence-electron chi connectivity index (χ3n) is 2.82. The van der Waals surface area contributed by atoms with Crippen molar-refractivity contribution in [2.45, 2.75) is 19.9 Å². The Hall–Kier alpha value is -2.01. The standard InChI is InChI=1S/C14H16N2O2S/c1-2-10-4-5-11(19-10)8-16-13-6-3-9(14(17)18)7-12(13)15/h3-7,16H,2,8,15H2,1H3,(H,17,18). The van der Waals surface area contributed by atoms with Gasteiger partial charge in [0, 0.05) is 16.3 Å². The van der Waals surface area contributed by atoms with Crippen LogP contribution >= 0.6 is 11.3 Å². The van der Waals surface area contributed by atoms with Crippen molar-refractivity contribution in [1.82, 2.24) is 0 Å². The van der Waals surface area contributed by atoms with Crippen molar-refractivity contribution in [2.24, 2.45) is 0 Å². The van der Waals surface area contributed by atoms with E-state index in [-0.39, 0.29) is 5.56 Å². The van der Waals surface area contributed by atoms with Crippen molar-refractivity contribution >= 4 is 28.7 Å². The molecule has 0 fully saturated rings. The van der Waals surface area contributed by atoms with Crippen molar-refractivity contribution in [2.75, 3.05) is 11.1 Å². The van der Waals surface area contributed by atoms with Gasteiger partial charge in [-0.05, 0) is 36.8 Å². The Morgan fingerprint density at radius 3 is 2.63 bits per heavy atom. The number of aryl methyl sites for hydroxylation is 1. The van der Waals surface area contributed by atoms with E-state index >= 15 is 0 Å². The Morgan fingerprint density at radius 1 is 1.32 bits per heavy atom. The second-order valence-electron chi connectivity index (χ2n) is 4.18. The van der Waals surface area contributed by atoms with Gasteiger partial charge in [0.2, 0.25) is 0 Å². The molecule has 0 saturated heterocycles. The van der Waals surface area contributed by atoms with E-state index in [1.165, 1.54) is 15.8 Å². The molecule has 0 amide bonds. The maximum absolute atomic E-state index is 10.8. The second-order valence-corrected chi connectivity index (χ2v) is 5.44. The van der Waals surface area contributed by atoms with Crippen LogP contribution in [0.15, 0.2) is 30.3 Å². The molecule has 0 saturated carbocycles. The minimum absolute atomic E-state index is 0.201. The molecule has 0 aliphatic rings. The average molecular weight is 276 g/mol. The molecule has 1 heterocycles. The van der Waals surface area contributed by atoms with Crippen LogP contribution in [-0.2, 0) is 13.0 Å². The van der Waals surface area contributed by atoms with Crippen LogP contribution in [0.4, 0.5) is 11.4 Å². The van der Waals surface area contributed by atoms with Gasteiger partial charge in [0.1, 0.15) is 0 Å². The van der Waals surface area contributed by atoms with E-state index in [0.29, 0.717) is 12.2 Å². The first kappa shape index (κ1) is 13.4. The van der Waals surface area contributed by atoms with Crippen LogP contribution in [-0.4, -0.2) is 11.1 Å². The van der Waals surface area contributed by atoms with Gasteiger partial charge >= 0.3 is 5.97 Å². The van der Waals surface area contributed by atoms with E-state index in [0.717, 1.165) is 12.1 Å². The quantitative estimate of drug-likeness (QED) is 0.733. The fraction of sp³-hybridized carbons (Fsp3) is 0.214. The van der Waals surface area contributed by atoms with Gasteiger partial charge in [0.05, 0.1) is 16.9 Å². The zero-order valence-electron chi connectivity index (χ0n) is 10.6. The SMILES string of the molecule is CCc1ccc(CNc2ccc(C(=O)O)cc2N)s1. The zero-order valence-corrected chi connectivity index (χ0v) is 11.5. The number of nitrogens with two attached hydrogens (primary N) is 1. The van der Waals surface area contributed by atoms with Crippen LogP contribution in [0.25, 0.3) is 0 Å². The highest BCUT2D eigenvalue weighted by Gasteiger charge is 2.06. The van der Waals surface area contributed by atoms with Gasteiger partial charge in [-0.15, -0.1) is 11.3 Å². The second kappa shape index (κ2) is 5.75. The predicted molar refractivity (Wildman–Crippen MR) is 78.8 cm³/mol. The molecule has 1 aromatic carbocycles. The minimum Gasteiger partial charge on any atom is -0.478 e. The van der Waals surface area contributed by atoms with Crippen molar-refractivity contribution in [3.63, 3.8) is 0 Å².